The molecule has 0 amide bonds. The zero-order valence-corrected chi connectivity index (χ0v) is 39.2. The Morgan fingerprint density at radius 2 is 0.250 bits per heavy atom. The van der Waals surface area contributed by atoms with Gasteiger partial charge in [0.25, 0.3) is 0 Å². The summed E-state index contributed by atoms with van der Waals surface area (Å²) in [6, 6.07) is 0. The molecule has 17 N–H and O–H groups in total. The molecule has 0 aliphatic heterocycles. The van der Waals surface area contributed by atoms with Crippen LogP contribution in [0.5, 0.6) is 0 Å². The summed E-state index contributed by atoms with van der Waals surface area (Å²) in [5.41, 5.74) is 37.7. The second-order valence-electron chi connectivity index (χ2n) is 5.45. The number of rotatable bonds is 8. The van der Waals surface area contributed by atoms with Crippen molar-refractivity contribution in [3.63, 3.8) is 0 Å². The maximum atomic E-state index is 9.17. The first-order valence-electron chi connectivity index (χ1n) is 12.5. The molecule has 0 fully saturated rings. The topological polar surface area (TPSA) is 782 Å². The molecule has 0 atom stereocenters. The fourth-order valence-corrected chi connectivity index (χ4v) is 0. The number of hydrogen-bond donors (Lipinski definition) is 9. The van der Waals surface area contributed by atoms with Crippen molar-refractivity contribution in [3.8, 4) is 0 Å². The molecular weight excluding hydrogens is 1240 g/mol. The normalized spacial score (nSPS) is 8.10. The van der Waals surface area contributed by atoms with Crippen LogP contribution in [0.4, 0.5) is 0 Å². The fraction of sp³-hybridized carbons (Fsp3) is 1.00. The van der Waals surface area contributed by atoms with Crippen LogP contribution in [0.25, 0.3) is 0 Å². The van der Waals surface area contributed by atoms with Gasteiger partial charge in [-0.2, -0.15) is 0 Å². The third-order valence-corrected chi connectivity index (χ3v) is 0.943. The molecule has 0 bridgehead atoms. The van der Waals surface area contributed by atoms with E-state index in [1.165, 1.54) is 0 Å². The van der Waals surface area contributed by atoms with E-state index < -0.39 is 41.0 Å². The van der Waals surface area contributed by atoms with E-state index in [-0.39, 0.29) is 208 Å². The van der Waals surface area contributed by atoms with Crippen molar-refractivity contribution < 1.29 is 264 Å². The summed E-state index contributed by atoms with van der Waals surface area (Å²) in [5, 5.41) is 80.4. The molecule has 0 aromatic heterocycles. The second kappa shape index (κ2) is 125. The molecule has 404 valence electrons. The van der Waals surface area contributed by atoms with Crippen molar-refractivity contribution in [3.05, 3.63) is 0 Å². The molecule has 0 rings (SSSR count). The van der Waals surface area contributed by atoms with E-state index in [0.29, 0.717) is 0 Å². The molecule has 0 spiro atoms. The molecule has 43 heteroatoms. The summed E-state index contributed by atoms with van der Waals surface area (Å²) >= 11 is 0. The average molecular weight is 1290 g/mol. The van der Waals surface area contributed by atoms with Gasteiger partial charge >= 0.3 is 102 Å². The standard InChI is InChI=1S/8C2H6NO.CH4O.4ClHO4.6Cu/c8*3-1-2-4;1-2;4*2-1(3,4)5;;;;;;/h8*1-3H2;2H,1H3;4*(H,2,3,4,5);;;;;;/q8*-1;;;;;;6*+2/p-4. The van der Waals surface area contributed by atoms with Gasteiger partial charge in [0.1, 0.15) is 0 Å². The molecule has 0 aromatic carbocycles. The van der Waals surface area contributed by atoms with Gasteiger partial charge in [0.15, 0.2) is 0 Å². The number of aliphatic hydroxyl groups excluding tert-OH is 1. The third-order valence-electron chi connectivity index (χ3n) is 0.943. The first-order valence-corrected chi connectivity index (χ1v) is 17.4. The van der Waals surface area contributed by atoms with Gasteiger partial charge in [0.2, 0.25) is 0 Å². The Hall–Kier alpha value is 2.96. The van der Waals surface area contributed by atoms with E-state index in [2.05, 4.69) is 0 Å². The molecular formula is C17H52Cl4Cu6N8O25. The minimum absolute atomic E-state index is 0. The Bertz CT molecular complexity index is 373. The molecule has 0 aromatic rings. The van der Waals surface area contributed by atoms with Gasteiger partial charge in [0, 0.05) is 7.11 Å². The van der Waals surface area contributed by atoms with E-state index >= 15 is 0 Å². The number of hydrogen-bond acceptors (Lipinski definition) is 33. The second-order valence-corrected chi connectivity index (χ2v) is 8.48. The predicted molar refractivity (Wildman–Crippen MR) is 120 cm³/mol. The number of aliphatic hydroxyl groups is 1. The van der Waals surface area contributed by atoms with Gasteiger partial charge in [-0.05, 0) is 52.4 Å². The molecule has 60 heavy (non-hydrogen) atoms. The molecule has 0 saturated heterocycles. The van der Waals surface area contributed by atoms with E-state index in [9.17, 15) is 40.9 Å². The quantitative estimate of drug-likeness (QED) is 0.102. The average Bonchev–Trinajstić information content (AvgIpc) is 3.06. The molecule has 0 aliphatic rings. The Morgan fingerprint density at radius 3 is 0.250 bits per heavy atom. The molecule has 6 radical (unpaired) electrons. The van der Waals surface area contributed by atoms with Gasteiger partial charge in [-0.3, -0.25) is 0 Å². The summed E-state index contributed by atoms with van der Waals surface area (Å²) < 4.78 is 136. The molecule has 0 saturated carbocycles. The number of halogens is 4. The van der Waals surface area contributed by atoms with Crippen LogP contribution >= 0.6 is 0 Å². The van der Waals surface area contributed by atoms with E-state index in [0.717, 1.165) is 7.11 Å². The van der Waals surface area contributed by atoms with E-state index in [1.54, 1.807) is 0 Å². The third kappa shape index (κ3) is 1830. The largest absolute Gasteiger partial charge is 2.00 e. The first kappa shape index (κ1) is 125. The fourth-order valence-electron chi connectivity index (χ4n) is 0. The Morgan fingerprint density at radius 1 is 0.233 bits per heavy atom. The van der Waals surface area contributed by atoms with Gasteiger partial charge < -0.3 is 91.8 Å². The Balaban J connectivity index is -0.0000000178. The van der Waals surface area contributed by atoms with Crippen LogP contribution in [0.2, 0.25) is 0 Å². The van der Waals surface area contributed by atoms with Gasteiger partial charge in [-0.1, -0.05) is 0 Å². The summed E-state index contributed by atoms with van der Waals surface area (Å²) in [7, 11) is -18.8. The van der Waals surface area contributed by atoms with Crippen LogP contribution in [-0.2, 0) is 102 Å². The molecule has 0 unspecified atom stereocenters. The Kier molecular flexibility index (Phi) is 260. The molecule has 0 heterocycles. The summed E-state index contributed by atoms with van der Waals surface area (Å²) in [6.07, 6.45) is 0. The van der Waals surface area contributed by atoms with E-state index in [1.807, 2.05) is 0 Å². The maximum Gasteiger partial charge on any atom is 2.00 e. The van der Waals surface area contributed by atoms with Crippen molar-refractivity contribution in [2.75, 3.05) is 112 Å². The number of nitrogens with two attached hydrogens (primary N) is 8. The molecule has 0 aliphatic carbocycles. The smallest absolute Gasteiger partial charge is 0.854 e. The predicted octanol–water partition coefficient (Wildman–Crippen LogP) is -33.0. The zero-order valence-electron chi connectivity index (χ0n) is 30.5. The van der Waals surface area contributed by atoms with Crippen molar-refractivity contribution >= 4 is 0 Å². The monoisotopic (exact) mass is 1290 g/mol. The van der Waals surface area contributed by atoms with Crippen LogP contribution in [0, 0.1) is 41.0 Å². The van der Waals surface area contributed by atoms with Crippen LogP contribution in [0.15, 0.2) is 0 Å². The Labute approximate surface area is 419 Å². The van der Waals surface area contributed by atoms with Crippen LogP contribution in [-0.4, -0.2) is 117 Å². The summed E-state index contributed by atoms with van der Waals surface area (Å²) in [4.78, 5) is 0. The minimum Gasteiger partial charge on any atom is -0.854 e. The van der Waals surface area contributed by atoms with Crippen LogP contribution in [0.3, 0.4) is 0 Å². The minimum atomic E-state index is -4.94. The van der Waals surface area contributed by atoms with Gasteiger partial charge in [-0.25, -0.2) is 74.5 Å². The summed E-state index contributed by atoms with van der Waals surface area (Å²) in [6.45, 7) is 0.889. The summed E-state index contributed by atoms with van der Waals surface area (Å²) in [5.74, 6) is 0. The van der Waals surface area contributed by atoms with Crippen LogP contribution < -0.4 is 161 Å². The van der Waals surface area contributed by atoms with Crippen molar-refractivity contribution in [2.45, 2.75) is 0 Å². The maximum absolute atomic E-state index is 9.17. The van der Waals surface area contributed by atoms with Crippen LogP contribution in [0.1, 0.15) is 0 Å². The first-order chi connectivity index (χ1) is 24.3. The molecule has 33 nitrogen and oxygen atoms in total. The van der Waals surface area contributed by atoms with Gasteiger partial charge in [-0.15, -0.1) is 93.8 Å². The van der Waals surface area contributed by atoms with Gasteiger partial charge in [0.05, 0.1) is 0 Å². The zero-order chi connectivity index (χ0) is 47.3. The SMILES string of the molecule is CO.NCC[O-].NCC[O-].NCC[O-].NCC[O-].NCC[O-].NCC[O-].NCC[O-].NCC[O-].[Cu+2].[Cu+2].[Cu+2].[Cu+2].[Cu+2].[Cu+2].[O-][Cl+3]([O-])([O-])[O-].[O-][Cl+3]([O-])([O-])[O-].[O-][Cl+3]([O-])([O-])[O-].[O-][Cl+3]([O-])([O-])[O-]. The van der Waals surface area contributed by atoms with E-state index in [4.69, 9.17) is 126 Å². The van der Waals surface area contributed by atoms with Crippen molar-refractivity contribution in [2.24, 2.45) is 45.9 Å². The van der Waals surface area contributed by atoms with Crippen molar-refractivity contribution in [1.82, 2.24) is 0 Å². The van der Waals surface area contributed by atoms with Crippen molar-refractivity contribution in [1.29, 1.82) is 0 Å².